The van der Waals surface area contributed by atoms with E-state index in [-0.39, 0.29) is 42.5 Å². The highest BCUT2D eigenvalue weighted by Gasteiger charge is 2.23. The number of carbonyl (C=O) groups excluding carboxylic acids is 1. The summed E-state index contributed by atoms with van der Waals surface area (Å²) in [5, 5.41) is 0. The van der Waals surface area contributed by atoms with Crippen molar-refractivity contribution < 1.29 is 23.0 Å². The normalized spacial score (nSPS) is 11.3. The maximum atomic E-state index is 13.0. The van der Waals surface area contributed by atoms with Crippen LogP contribution in [0.25, 0.3) is 6.08 Å². The number of alkyl halides is 2. The molecular formula is C21H26F2N4O5. The zero-order chi connectivity index (χ0) is 23.7. The minimum Gasteiger partial charge on any atom is -0.434 e. The lowest BCUT2D eigenvalue weighted by Gasteiger charge is -2.23. The van der Waals surface area contributed by atoms with Gasteiger partial charge in [-0.25, -0.2) is 4.79 Å². The molecule has 0 aliphatic heterocycles. The van der Waals surface area contributed by atoms with Gasteiger partial charge in [-0.1, -0.05) is 31.5 Å². The molecule has 1 aromatic carbocycles. The predicted molar refractivity (Wildman–Crippen MR) is 117 cm³/mol. The number of nitrogens with zero attached hydrogens (tertiary/aromatic N) is 2. The van der Waals surface area contributed by atoms with E-state index in [1.165, 1.54) is 36.0 Å². The molecule has 11 heteroatoms. The number of anilines is 2. The maximum absolute atomic E-state index is 13.0. The number of benzene rings is 1. The SMILES string of the molecule is CCCCn1c(N)c(N(CCOC)C(=O)/C=C/c2ccccc2OC(F)F)c(=O)[nH]c1=O. The van der Waals surface area contributed by atoms with Crippen molar-refractivity contribution in [2.45, 2.75) is 32.9 Å². The topological polar surface area (TPSA) is 120 Å². The standard InChI is InChI=1S/C21H26F2N4O5/c1-3-4-11-27-18(24)17(19(29)25-21(27)30)26(12-13-31-2)16(28)10-9-14-7-5-6-8-15(14)32-20(22)23/h5-10,20H,3-4,11-13,24H2,1-2H3,(H,25,29,30)/b10-9+. The molecule has 0 spiro atoms. The van der Waals surface area contributed by atoms with Crippen LogP contribution in [0.5, 0.6) is 5.75 Å². The van der Waals surface area contributed by atoms with E-state index < -0.39 is 23.8 Å². The van der Waals surface area contributed by atoms with Gasteiger partial charge in [0.25, 0.3) is 11.5 Å². The quantitative estimate of drug-likeness (QED) is 0.505. The lowest BCUT2D eigenvalue weighted by molar-refractivity contribution is -0.114. The number of unbranched alkanes of at least 4 members (excludes halogenated alkanes) is 1. The Kier molecular flexibility index (Phi) is 9.14. The van der Waals surface area contributed by atoms with Crippen molar-refractivity contribution in [3.05, 3.63) is 56.7 Å². The molecule has 0 atom stereocenters. The third-order valence-corrected chi connectivity index (χ3v) is 4.54. The molecule has 9 nitrogen and oxygen atoms in total. The first kappa shape index (κ1) is 24.8. The highest BCUT2D eigenvalue weighted by molar-refractivity contribution is 6.05. The summed E-state index contributed by atoms with van der Waals surface area (Å²) in [6.07, 6.45) is 3.82. The molecule has 2 aromatic rings. The van der Waals surface area contributed by atoms with Crippen LogP contribution in [0.3, 0.4) is 0 Å². The summed E-state index contributed by atoms with van der Waals surface area (Å²) in [6.45, 7) is -0.777. The number of ether oxygens (including phenoxy) is 2. The predicted octanol–water partition coefficient (Wildman–Crippen LogP) is 2.21. The van der Waals surface area contributed by atoms with Gasteiger partial charge in [0.05, 0.1) is 6.61 Å². The molecule has 3 N–H and O–H groups in total. The number of halogens is 2. The van der Waals surface area contributed by atoms with Gasteiger partial charge in [0.15, 0.2) is 5.69 Å². The van der Waals surface area contributed by atoms with Crippen molar-refractivity contribution in [1.29, 1.82) is 0 Å². The van der Waals surface area contributed by atoms with Crippen LogP contribution in [0.4, 0.5) is 20.3 Å². The molecule has 32 heavy (non-hydrogen) atoms. The molecule has 0 unspecified atom stereocenters. The minimum atomic E-state index is -3.03. The fourth-order valence-corrected chi connectivity index (χ4v) is 2.96. The number of rotatable bonds is 11. The Hall–Kier alpha value is -3.47. The highest BCUT2D eigenvalue weighted by atomic mass is 19.3. The smallest absolute Gasteiger partial charge is 0.387 e. The number of hydrogen-bond donors (Lipinski definition) is 2. The summed E-state index contributed by atoms with van der Waals surface area (Å²) in [7, 11) is 1.42. The first-order chi connectivity index (χ1) is 15.3. The number of nitrogen functional groups attached to an aromatic ring is 1. The van der Waals surface area contributed by atoms with Gasteiger partial charge >= 0.3 is 12.3 Å². The monoisotopic (exact) mass is 452 g/mol. The number of carbonyl (C=O) groups is 1. The Morgan fingerprint density at radius 1 is 1.31 bits per heavy atom. The second-order valence-corrected chi connectivity index (χ2v) is 6.73. The molecule has 0 radical (unpaired) electrons. The molecule has 0 aliphatic rings. The molecule has 0 aliphatic carbocycles. The summed E-state index contributed by atoms with van der Waals surface area (Å²) in [4.78, 5) is 40.9. The maximum Gasteiger partial charge on any atom is 0.387 e. The largest absolute Gasteiger partial charge is 0.434 e. The third-order valence-electron chi connectivity index (χ3n) is 4.54. The average molecular weight is 452 g/mol. The van der Waals surface area contributed by atoms with Gasteiger partial charge in [0.2, 0.25) is 0 Å². The molecule has 0 saturated carbocycles. The van der Waals surface area contributed by atoms with Crippen LogP contribution in [0.1, 0.15) is 25.3 Å². The van der Waals surface area contributed by atoms with Crippen molar-refractivity contribution in [2.75, 3.05) is 30.9 Å². The van der Waals surface area contributed by atoms with E-state index in [2.05, 4.69) is 9.72 Å². The lowest BCUT2D eigenvalue weighted by atomic mass is 10.2. The Balaban J connectivity index is 2.45. The second-order valence-electron chi connectivity index (χ2n) is 6.73. The second kappa shape index (κ2) is 11.8. The fourth-order valence-electron chi connectivity index (χ4n) is 2.96. The number of nitrogens with two attached hydrogens (primary N) is 1. The average Bonchev–Trinajstić information content (AvgIpc) is 2.74. The van der Waals surface area contributed by atoms with E-state index in [1.54, 1.807) is 6.07 Å². The number of aromatic amines is 1. The van der Waals surface area contributed by atoms with Gasteiger partial charge in [-0.3, -0.25) is 24.0 Å². The molecule has 1 aromatic heterocycles. The molecule has 0 saturated heterocycles. The Morgan fingerprint density at radius 3 is 2.69 bits per heavy atom. The molecular weight excluding hydrogens is 426 g/mol. The van der Waals surface area contributed by atoms with Gasteiger partial charge in [-0.2, -0.15) is 8.78 Å². The number of methoxy groups -OCH3 is 1. The molecule has 2 rings (SSSR count). The van der Waals surface area contributed by atoms with Crippen molar-refractivity contribution in [3.8, 4) is 5.75 Å². The molecule has 1 amide bonds. The van der Waals surface area contributed by atoms with E-state index >= 15 is 0 Å². The van der Waals surface area contributed by atoms with Crippen LogP contribution in [-0.2, 0) is 16.1 Å². The Bertz CT molecular complexity index is 1060. The number of nitrogens with one attached hydrogen (secondary N) is 1. The van der Waals surface area contributed by atoms with Gasteiger partial charge in [0, 0.05) is 31.8 Å². The van der Waals surface area contributed by atoms with Gasteiger partial charge in [0.1, 0.15) is 11.6 Å². The summed E-state index contributed by atoms with van der Waals surface area (Å²) in [5.74, 6) is -0.918. The molecule has 1 heterocycles. The summed E-state index contributed by atoms with van der Waals surface area (Å²) >= 11 is 0. The van der Waals surface area contributed by atoms with E-state index in [0.717, 1.165) is 17.4 Å². The zero-order valence-electron chi connectivity index (χ0n) is 17.8. The third kappa shape index (κ3) is 6.27. The Morgan fingerprint density at radius 2 is 2.03 bits per heavy atom. The van der Waals surface area contributed by atoms with Gasteiger partial charge in [-0.15, -0.1) is 0 Å². The number of amides is 1. The lowest BCUT2D eigenvalue weighted by Crippen LogP contribution is -2.42. The van der Waals surface area contributed by atoms with Crippen molar-refractivity contribution in [1.82, 2.24) is 9.55 Å². The fraction of sp³-hybridized carbons (Fsp3) is 0.381. The van der Waals surface area contributed by atoms with Crippen LogP contribution in [-0.4, -0.2) is 42.3 Å². The molecule has 0 fully saturated rings. The summed E-state index contributed by atoms with van der Waals surface area (Å²) in [5.41, 5.74) is 4.66. The summed E-state index contributed by atoms with van der Waals surface area (Å²) < 4.78 is 35.9. The van der Waals surface area contributed by atoms with Crippen LogP contribution >= 0.6 is 0 Å². The van der Waals surface area contributed by atoms with Crippen LogP contribution in [0.15, 0.2) is 39.9 Å². The first-order valence-electron chi connectivity index (χ1n) is 9.95. The van der Waals surface area contributed by atoms with Crippen LogP contribution in [0.2, 0.25) is 0 Å². The van der Waals surface area contributed by atoms with E-state index in [0.29, 0.717) is 6.42 Å². The highest BCUT2D eigenvalue weighted by Crippen LogP contribution is 2.22. The van der Waals surface area contributed by atoms with Gasteiger partial charge in [-0.05, 0) is 18.6 Å². The zero-order valence-corrected chi connectivity index (χ0v) is 17.8. The van der Waals surface area contributed by atoms with Crippen LogP contribution in [0, 0.1) is 0 Å². The summed E-state index contributed by atoms with van der Waals surface area (Å²) in [6, 6.07) is 5.94. The number of hydrogen-bond acceptors (Lipinski definition) is 6. The number of H-pyrrole nitrogens is 1. The van der Waals surface area contributed by atoms with Crippen molar-refractivity contribution in [2.24, 2.45) is 0 Å². The van der Waals surface area contributed by atoms with E-state index in [1.807, 2.05) is 6.92 Å². The number of aromatic nitrogens is 2. The van der Waals surface area contributed by atoms with Crippen molar-refractivity contribution in [3.63, 3.8) is 0 Å². The molecule has 174 valence electrons. The minimum absolute atomic E-state index is 0.0336. The van der Waals surface area contributed by atoms with E-state index in [9.17, 15) is 23.2 Å². The van der Waals surface area contributed by atoms with Gasteiger partial charge < -0.3 is 15.2 Å². The molecule has 0 bridgehead atoms. The van der Waals surface area contributed by atoms with Crippen LogP contribution < -0.4 is 26.6 Å². The Labute approximate surface area is 183 Å². The van der Waals surface area contributed by atoms with Crippen molar-refractivity contribution >= 4 is 23.5 Å². The first-order valence-corrected chi connectivity index (χ1v) is 9.95. The number of para-hydroxylation sites is 1. The van der Waals surface area contributed by atoms with E-state index in [4.69, 9.17) is 10.5 Å².